The van der Waals surface area contributed by atoms with E-state index in [-0.39, 0.29) is 17.9 Å². The molecule has 0 spiro atoms. The van der Waals surface area contributed by atoms with Crippen LogP contribution in [0.25, 0.3) is 5.57 Å². The van der Waals surface area contributed by atoms with Crippen molar-refractivity contribution in [3.05, 3.63) is 35.7 Å². The van der Waals surface area contributed by atoms with Crippen LogP contribution in [0.15, 0.2) is 24.4 Å². The van der Waals surface area contributed by atoms with Gasteiger partial charge >= 0.3 is 12.3 Å². The summed E-state index contributed by atoms with van der Waals surface area (Å²) in [6.45, 7) is 6.15. The highest BCUT2D eigenvalue weighted by atomic mass is 19.4. The number of carbonyl (C=O) groups excluding carboxylic acids is 2. The number of alkyl carbamates (subject to hydrolysis) is 1. The molecule has 1 aliphatic carbocycles. The Bertz CT molecular complexity index is 862. The highest BCUT2D eigenvalue weighted by Crippen LogP contribution is 2.32. The lowest BCUT2D eigenvalue weighted by atomic mass is 10.00. The van der Waals surface area contributed by atoms with Gasteiger partial charge in [-0.3, -0.25) is 9.78 Å². The summed E-state index contributed by atoms with van der Waals surface area (Å²) in [4.78, 5) is 30.6. The first kappa shape index (κ1) is 23.1. The van der Waals surface area contributed by atoms with Crippen LogP contribution in [-0.2, 0) is 15.7 Å². The fourth-order valence-corrected chi connectivity index (χ4v) is 3.95. The van der Waals surface area contributed by atoms with Crippen molar-refractivity contribution in [1.29, 1.82) is 0 Å². The SMILES string of the molecule is CC(C)(C)OC(=O)NC1CCC(C(=O)N2CC=C(c3cc(C(F)(F)F)ccn3)CC2)C1. The van der Waals surface area contributed by atoms with Crippen LogP contribution < -0.4 is 5.32 Å². The van der Waals surface area contributed by atoms with E-state index in [0.29, 0.717) is 50.0 Å². The lowest BCUT2D eigenvalue weighted by Crippen LogP contribution is -2.40. The molecule has 2 unspecified atom stereocenters. The molecule has 1 aliphatic heterocycles. The van der Waals surface area contributed by atoms with E-state index in [2.05, 4.69) is 10.3 Å². The molecule has 3 rings (SSSR count). The van der Waals surface area contributed by atoms with Gasteiger partial charge in [-0.1, -0.05) is 6.08 Å². The van der Waals surface area contributed by atoms with Crippen molar-refractivity contribution in [3.63, 3.8) is 0 Å². The predicted octanol–water partition coefficient (Wildman–Crippen LogP) is 4.41. The average molecular weight is 439 g/mol. The first-order valence-electron chi connectivity index (χ1n) is 10.4. The van der Waals surface area contributed by atoms with Crippen molar-refractivity contribution in [3.8, 4) is 0 Å². The van der Waals surface area contributed by atoms with Gasteiger partial charge in [0.15, 0.2) is 0 Å². The van der Waals surface area contributed by atoms with Crippen LogP contribution in [0.4, 0.5) is 18.0 Å². The third-order valence-corrected chi connectivity index (χ3v) is 5.44. The van der Waals surface area contributed by atoms with Gasteiger partial charge in [-0.2, -0.15) is 13.2 Å². The molecule has 170 valence electrons. The van der Waals surface area contributed by atoms with Gasteiger partial charge in [0.2, 0.25) is 5.91 Å². The maximum absolute atomic E-state index is 12.9. The second-order valence-electron chi connectivity index (χ2n) is 9.04. The lowest BCUT2D eigenvalue weighted by Gasteiger charge is -2.29. The minimum atomic E-state index is -4.42. The summed E-state index contributed by atoms with van der Waals surface area (Å²) >= 11 is 0. The van der Waals surface area contributed by atoms with Crippen LogP contribution in [0.1, 0.15) is 57.7 Å². The molecule has 0 bridgehead atoms. The molecule has 0 radical (unpaired) electrons. The molecule has 1 saturated carbocycles. The number of hydrogen-bond acceptors (Lipinski definition) is 4. The largest absolute Gasteiger partial charge is 0.444 e. The summed E-state index contributed by atoms with van der Waals surface area (Å²) in [5.41, 5.74) is -0.300. The first-order chi connectivity index (χ1) is 14.4. The Hall–Kier alpha value is -2.58. The number of carbonyl (C=O) groups is 2. The number of hydrogen-bond donors (Lipinski definition) is 1. The molecule has 1 fully saturated rings. The van der Waals surface area contributed by atoms with Gasteiger partial charge in [-0.05, 0) is 64.2 Å². The van der Waals surface area contributed by atoms with E-state index in [0.717, 1.165) is 18.3 Å². The van der Waals surface area contributed by atoms with Gasteiger partial charge in [0.05, 0.1) is 11.3 Å². The second kappa shape index (κ2) is 8.88. The van der Waals surface area contributed by atoms with Crippen molar-refractivity contribution in [2.75, 3.05) is 13.1 Å². The van der Waals surface area contributed by atoms with Gasteiger partial charge in [-0.25, -0.2) is 4.79 Å². The van der Waals surface area contributed by atoms with Crippen LogP contribution in [0.3, 0.4) is 0 Å². The van der Waals surface area contributed by atoms with Crippen molar-refractivity contribution >= 4 is 17.6 Å². The normalized spacial score (nSPS) is 22.1. The van der Waals surface area contributed by atoms with Crippen LogP contribution in [0.2, 0.25) is 0 Å². The highest BCUT2D eigenvalue weighted by Gasteiger charge is 2.35. The predicted molar refractivity (Wildman–Crippen MR) is 109 cm³/mol. The maximum atomic E-state index is 12.9. The van der Waals surface area contributed by atoms with Crippen LogP contribution in [-0.4, -0.2) is 46.6 Å². The van der Waals surface area contributed by atoms with Gasteiger partial charge < -0.3 is 15.0 Å². The molecule has 0 saturated heterocycles. The smallest absolute Gasteiger partial charge is 0.416 e. The van der Waals surface area contributed by atoms with Crippen LogP contribution in [0, 0.1) is 5.92 Å². The van der Waals surface area contributed by atoms with Crippen molar-refractivity contribution < 1.29 is 27.5 Å². The number of aromatic nitrogens is 1. The zero-order valence-electron chi connectivity index (χ0n) is 18.0. The maximum Gasteiger partial charge on any atom is 0.416 e. The minimum Gasteiger partial charge on any atom is -0.444 e. The Morgan fingerprint density at radius 3 is 2.58 bits per heavy atom. The van der Waals surface area contributed by atoms with Gasteiger partial charge in [0.25, 0.3) is 0 Å². The number of rotatable bonds is 3. The molecule has 1 aromatic rings. The molecular weight excluding hydrogens is 411 g/mol. The van der Waals surface area contributed by atoms with Gasteiger partial charge in [0.1, 0.15) is 5.60 Å². The Labute approximate surface area is 179 Å². The number of nitrogens with one attached hydrogen (secondary N) is 1. The fraction of sp³-hybridized carbons (Fsp3) is 0.591. The van der Waals surface area contributed by atoms with E-state index in [1.54, 1.807) is 31.7 Å². The van der Waals surface area contributed by atoms with E-state index < -0.39 is 23.4 Å². The third kappa shape index (κ3) is 6.21. The van der Waals surface area contributed by atoms with Gasteiger partial charge in [-0.15, -0.1) is 0 Å². The highest BCUT2D eigenvalue weighted by molar-refractivity contribution is 5.81. The van der Waals surface area contributed by atoms with Crippen LogP contribution >= 0.6 is 0 Å². The Morgan fingerprint density at radius 1 is 1.23 bits per heavy atom. The Balaban J connectivity index is 1.55. The van der Waals surface area contributed by atoms with Crippen molar-refractivity contribution in [1.82, 2.24) is 15.2 Å². The lowest BCUT2D eigenvalue weighted by molar-refractivity contribution is -0.137. The average Bonchev–Trinajstić information content (AvgIpc) is 3.14. The molecular formula is C22H28F3N3O3. The van der Waals surface area contributed by atoms with E-state index in [9.17, 15) is 22.8 Å². The molecule has 1 N–H and O–H groups in total. The summed E-state index contributed by atoms with van der Waals surface area (Å²) in [6, 6.07) is 1.90. The number of nitrogens with zero attached hydrogens (tertiary/aromatic N) is 2. The molecule has 31 heavy (non-hydrogen) atoms. The summed E-state index contributed by atoms with van der Waals surface area (Å²) in [7, 11) is 0. The summed E-state index contributed by atoms with van der Waals surface area (Å²) in [5.74, 6) is -0.164. The van der Waals surface area contributed by atoms with E-state index in [1.807, 2.05) is 0 Å². The number of halogens is 3. The van der Waals surface area contributed by atoms with Gasteiger partial charge in [0, 0.05) is 31.2 Å². The van der Waals surface area contributed by atoms with Crippen LogP contribution in [0.5, 0.6) is 0 Å². The molecule has 2 atom stereocenters. The molecule has 2 amide bonds. The van der Waals surface area contributed by atoms with Crippen molar-refractivity contribution in [2.45, 2.75) is 64.3 Å². The fourth-order valence-electron chi connectivity index (χ4n) is 3.95. The third-order valence-electron chi connectivity index (χ3n) is 5.44. The summed E-state index contributed by atoms with van der Waals surface area (Å²) in [6.07, 6.45) is 0.431. The molecule has 9 heteroatoms. The molecule has 1 aromatic heterocycles. The summed E-state index contributed by atoms with van der Waals surface area (Å²) in [5, 5.41) is 2.83. The number of ether oxygens (including phenoxy) is 1. The minimum absolute atomic E-state index is 0.0146. The van der Waals surface area contributed by atoms with E-state index in [1.165, 1.54) is 0 Å². The number of alkyl halides is 3. The molecule has 6 nitrogen and oxygen atoms in total. The zero-order chi connectivity index (χ0) is 22.8. The zero-order valence-corrected chi connectivity index (χ0v) is 18.0. The second-order valence-corrected chi connectivity index (χ2v) is 9.04. The summed E-state index contributed by atoms with van der Waals surface area (Å²) < 4.78 is 44.1. The topological polar surface area (TPSA) is 71.5 Å². The number of pyridine rings is 1. The van der Waals surface area contributed by atoms with Crippen molar-refractivity contribution in [2.24, 2.45) is 5.92 Å². The monoisotopic (exact) mass is 439 g/mol. The number of amides is 2. The van der Waals surface area contributed by atoms with E-state index in [4.69, 9.17) is 4.74 Å². The quantitative estimate of drug-likeness (QED) is 0.757. The molecule has 2 heterocycles. The standard InChI is InChI=1S/C22H28F3N3O3/c1-21(2,3)31-20(30)27-17-5-4-15(12-17)19(29)28-10-7-14(8-11-28)18-13-16(6-9-26-18)22(23,24)25/h6-7,9,13,15,17H,4-5,8,10-12H2,1-3H3,(H,27,30). The molecule has 2 aliphatic rings. The van der Waals surface area contributed by atoms with E-state index >= 15 is 0 Å². The first-order valence-corrected chi connectivity index (χ1v) is 10.4. The Kier molecular flexibility index (Phi) is 6.62. The Morgan fingerprint density at radius 2 is 1.97 bits per heavy atom. The molecule has 0 aromatic carbocycles.